The van der Waals surface area contributed by atoms with Crippen molar-refractivity contribution >= 4 is 11.8 Å². The summed E-state index contributed by atoms with van der Waals surface area (Å²) >= 11 is 1.94. The summed E-state index contributed by atoms with van der Waals surface area (Å²) in [6, 6.07) is 9.06. The van der Waals surface area contributed by atoms with E-state index >= 15 is 0 Å². The number of aryl methyl sites for hydroxylation is 1. The fourth-order valence-corrected chi connectivity index (χ4v) is 4.07. The lowest BCUT2D eigenvalue weighted by atomic mass is 9.91. The van der Waals surface area contributed by atoms with Gasteiger partial charge < -0.3 is 5.32 Å². The van der Waals surface area contributed by atoms with Gasteiger partial charge in [0.15, 0.2) is 5.82 Å². The lowest BCUT2D eigenvalue weighted by Gasteiger charge is -2.23. The standard InChI is InChI=1S/C14H19N5S/c1-3-15-12(8-14-16-18-19(2)17-14)11-9-20-13-7-5-4-6-10(11)13/h4-7,11-12,15H,3,8-9H2,1-2H3. The topological polar surface area (TPSA) is 55.6 Å². The number of hydrogen-bond acceptors (Lipinski definition) is 5. The van der Waals surface area contributed by atoms with Crippen LogP contribution in [0.2, 0.25) is 0 Å². The van der Waals surface area contributed by atoms with E-state index in [0.29, 0.717) is 12.0 Å². The van der Waals surface area contributed by atoms with Crippen molar-refractivity contribution in [2.45, 2.75) is 30.2 Å². The third-order valence-electron chi connectivity index (χ3n) is 3.64. The quantitative estimate of drug-likeness (QED) is 0.906. The lowest BCUT2D eigenvalue weighted by molar-refractivity contribution is 0.454. The lowest BCUT2D eigenvalue weighted by Crippen LogP contribution is -2.37. The number of aromatic nitrogens is 4. The van der Waals surface area contributed by atoms with Gasteiger partial charge in [-0.15, -0.1) is 22.0 Å². The van der Waals surface area contributed by atoms with Crippen LogP contribution >= 0.6 is 11.8 Å². The molecule has 0 spiro atoms. The van der Waals surface area contributed by atoms with Gasteiger partial charge in [0.1, 0.15) is 0 Å². The Hall–Kier alpha value is -1.40. The van der Waals surface area contributed by atoms with Gasteiger partial charge in [-0.1, -0.05) is 25.1 Å². The van der Waals surface area contributed by atoms with Crippen LogP contribution in [0, 0.1) is 0 Å². The number of tetrazole rings is 1. The van der Waals surface area contributed by atoms with E-state index in [2.05, 4.69) is 51.9 Å². The molecule has 0 radical (unpaired) electrons. The highest BCUT2D eigenvalue weighted by Gasteiger charge is 2.30. The van der Waals surface area contributed by atoms with Crippen molar-refractivity contribution < 1.29 is 0 Å². The normalized spacial score (nSPS) is 19.0. The van der Waals surface area contributed by atoms with E-state index in [9.17, 15) is 0 Å². The van der Waals surface area contributed by atoms with Gasteiger partial charge in [-0.2, -0.15) is 4.80 Å². The van der Waals surface area contributed by atoms with Crippen LogP contribution < -0.4 is 5.32 Å². The predicted octanol–water partition coefficient (Wildman–Crippen LogP) is 1.62. The molecule has 2 unspecified atom stereocenters. The largest absolute Gasteiger partial charge is 0.313 e. The molecule has 0 saturated carbocycles. The van der Waals surface area contributed by atoms with Crippen LogP contribution in [0.25, 0.3) is 0 Å². The molecule has 3 rings (SSSR count). The van der Waals surface area contributed by atoms with E-state index in [1.807, 2.05) is 11.8 Å². The van der Waals surface area contributed by atoms with Crippen LogP contribution in [0.1, 0.15) is 24.2 Å². The molecule has 1 aromatic heterocycles. The van der Waals surface area contributed by atoms with Crippen molar-refractivity contribution in [3.63, 3.8) is 0 Å². The first-order valence-corrected chi connectivity index (χ1v) is 7.94. The first-order chi connectivity index (χ1) is 9.78. The van der Waals surface area contributed by atoms with Crippen molar-refractivity contribution in [1.82, 2.24) is 25.5 Å². The number of hydrogen-bond donors (Lipinski definition) is 1. The van der Waals surface area contributed by atoms with Crippen LogP contribution in [-0.2, 0) is 13.5 Å². The molecule has 0 amide bonds. The van der Waals surface area contributed by atoms with Crippen LogP contribution in [0.15, 0.2) is 29.2 Å². The van der Waals surface area contributed by atoms with Gasteiger partial charge in [0, 0.05) is 29.0 Å². The summed E-state index contributed by atoms with van der Waals surface area (Å²) in [5.41, 5.74) is 1.45. The van der Waals surface area contributed by atoms with Crippen molar-refractivity contribution in [1.29, 1.82) is 0 Å². The summed E-state index contributed by atoms with van der Waals surface area (Å²) in [7, 11) is 1.81. The molecule has 0 aliphatic carbocycles. The molecule has 1 N–H and O–H groups in total. The first-order valence-electron chi connectivity index (χ1n) is 6.96. The second-order valence-electron chi connectivity index (χ2n) is 5.02. The predicted molar refractivity (Wildman–Crippen MR) is 79.9 cm³/mol. The number of likely N-dealkylation sites (N-methyl/N-ethyl adjacent to an activating group) is 1. The molecule has 106 valence electrons. The number of nitrogens with one attached hydrogen (secondary N) is 1. The number of thioether (sulfide) groups is 1. The third-order valence-corrected chi connectivity index (χ3v) is 4.85. The molecular weight excluding hydrogens is 270 g/mol. The molecule has 0 saturated heterocycles. The molecule has 1 aliphatic rings. The molecule has 20 heavy (non-hydrogen) atoms. The SMILES string of the molecule is CCNC(Cc1nnn(C)n1)C1CSc2ccccc21. The Morgan fingerprint density at radius 1 is 1.45 bits per heavy atom. The maximum atomic E-state index is 4.31. The summed E-state index contributed by atoms with van der Waals surface area (Å²) in [5.74, 6) is 2.45. The zero-order valence-corrected chi connectivity index (χ0v) is 12.6. The van der Waals surface area contributed by atoms with Crippen LogP contribution in [0.5, 0.6) is 0 Å². The van der Waals surface area contributed by atoms with Gasteiger partial charge >= 0.3 is 0 Å². The fraction of sp³-hybridized carbons (Fsp3) is 0.500. The van der Waals surface area contributed by atoms with Gasteiger partial charge in [0.05, 0.1) is 7.05 Å². The monoisotopic (exact) mass is 289 g/mol. The molecule has 1 aromatic carbocycles. The van der Waals surface area contributed by atoms with E-state index in [1.165, 1.54) is 15.3 Å². The highest BCUT2D eigenvalue weighted by Crippen LogP contribution is 2.41. The minimum atomic E-state index is 0.361. The average molecular weight is 289 g/mol. The van der Waals surface area contributed by atoms with Gasteiger partial charge in [0.25, 0.3) is 0 Å². The van der Waals surface area contributed by atoms with Gasteiger partial charge in [0.2, 0.25) is 0 Å². The van der Waals surface area contributed by atoms with Crippen molar-refractivity contribution in [2.24, 2.45) is 7.05 Å². The highest BCUT2D eigenvalue weighted by atomic mass is 32.2. The Morgan fingerprint density at radius 2 is 2.30 bits per heavy atom. The maximum absolute atomic E-state index is 4.31. The zero-order valence-electron chi connectivity index (χ0n) is 11.8. The summed E-state index contributed by atoms with van der Waals surface area (Å²) in [4.78, 5) is 2.93. The summed E-state index contributed by atoms with van der Waals surface area (Å²) in [6.07, 6.45) is 0.821. The zero-order chi connectivity index (χ0) is 13.9. The molecule has 6 heteroatoms. The van der Waals surface area contributed by atoms with E-state index < -0.39 is 0 Å². The van der Waals surface area contributed by atoms with Crippen molar-refractivity contribution in [3.05, 3.63) is 35.7 Å². The van der Waals surface area contributed by atoms with Gasteiger partial charge in [-0.3, -0.25) is 0 Å². The molecule has 0 bridgehead atoms. The molecule has 2 heterocycles. The Balaban J connectivity index is 1.81. The van der Waals surface area contributed by atoms with E-state index in [-0.39, 0.29) is 0 Å². The van der Waals surface area contributed by atoms with E-state index in [1.54, 1.807) is 7.05 Å². The molecule has 0 fully saturated rings. The maximum Gasteiger partial charge on any atom is 0.176 e. The molecular formula is C14H19N5S. The first kappa shape index (κ1) is 13.6. The Labute approximate surface area is 123 Å². The minimum absolute atomic E-state index is 0.361. The van der Waals surface area contributed by atoms with Crippen LogP contribution in [0.3, 0.4) is 0 Å². The second kappa shape index (κ2) is 5.93. The van der Waals surface area contributed by atoms with Crippen molar-refractivity contribution in [2.75, 3.05) is 12.3 Å². The van der Waals surface area contributed by atoms with E-state index in [0.717, 1.165) is 24.5 Å². The minimum Gasteiger partial charge on any atom is -0.313 e. The molecule has 2 atom stereocenters. The van der Waals surface area contributed by atoms with Gasteiger partial charge in [-0.05, 0) is 23.4 Å². The molecule has 1 aliphatic heterocycles. The number of benzene rings is 1. The Kier molecular flexibility index (Phi) is 4.03. The van der Waals surface area contributed by atoms with Crippen LogP contribution in [-0.4, -0.2) is 38.5 Å². The number of nitrogens with zero attached hydrogens (tertiary/aromatic N) is 4. The summed E-state index contributed by atoms with van der Waals surface area (Å²) < 4.78 is 0. The van der Waals surface area contributed by atoms with Crippen LogP contribution in [0.4, 0.5) is 0 Å². The third kappa shape index (κ3) is 2.71. The Morgan fingerprint density at radius 3 is 3.05 bits per heavy atom. The molecule has 2 aromatic rings. The summed E-state index contributed by atoms with van der Waals surface area (Å²) in [5, 5.41) is 15.9. The highest BCUT2D eigenvalue weighted by molar-refractivity contribution is 7.99. The average Bonchev–Trinajstić information content (AvgIpc) is 3.04. The van der Waals surface area contributed by atoms with Crippen molar-refractivity contribution in [3.8, 4) is 0 Å². The Bertz CT molecular complexity index is 582. The fourth-order valence-electron chi connectivity index (χ4n) is 2.74. The summed E-state index contributed by atoms with van der Waals surface area (Å²) in [6.45, 7) is 3.10. The molecule has 5 nitrogen and oxygen atoms in total. The number of rotatable bonds is 5. The number of fused-ring (bicyclic) bond motifs is 1. The van der Waals surface area contributed by atoms with Gasteiger partial charge in [-0.25, -0.2) is 0 Å². The smallest absolute Gasteiger partial charge is 0.176 e. The second-order valence-corrected chi connectivity index (χ2v) is 6.08. The van der Waals surface area contributed by atoms with E-state index in [4.69, 9.17) is 0 Å².